The van der Waals surface area contributed by atoms with Crippen molar-refractivity contribution >= 4 is 30.1 Å². The third-order valence-corrected chi connectivity index (χ3v) is 4.38. The van der Waals surface area contributed by atoms with E-state index in [1.165, 1.54) is 12.1 Å². The number of amides is 1. The van der Waals surface area contributed by atoms with E-state index in [0.717, 1.165) is 30.2 Å². The third-order valence-electron chi connectivity index (χ3n) is 3.37. The maximum Gasteiger partial charge on any atom is 0.223 e. The maximum atomic E-state index is 12.7. The van der Waals surface area contributed by atoms with E-state index in [1.54, 1.807) is 23.9 Å². The van der Waals surface area contributed by atoms with Crippen LogP contribution in [0, 0.1) is 11.7 Å². The van der Waals surface area contributed by atoms with Gasteiger partial charge < -0.3 is 10.6 Å². The summed E-state index contributed by atoms with van der Waals surface area (Å²) in [6.45, 7) is 2.30. The van der Waals surface area contributed by atoms with Crippen LogP contribution in [0.2, 0.25) is 0 Å². The fourth-order valence-corrected chi connectivity index (χ4v) is 3.04. The molecule has 0 saturated carbocycles. The Balaban J connectivity index is 0.00000200. The zero-order valence-corrected chi connectivity index (χ0v) is 12.9. The molecule has 1 amide bonds. The fraction of sp³-hybridized carbons (Fsp3) is 0.500. The number of nitrogens with zero attached hydrogens (tertiary/aromatic N) is 1. The Kier molecular flexibility index (Phi) is 7.34. The number of likely N-dealkylation sites (tertiary alicyclic amines) is 1. The van der Waals surface area contributed by atoms with Crippen molar-refractivity contribution < 1.29 is 9.18 Å². The van der Waals surface area contributed by atoms with Gasteiger partial charge in [0.25, 0.3) is 0 Å². The van der Waals surface area contributed by atoms with E-state index in [9.17, 15) is 9.18 Å². The first-order chi connectivity index (χ1) is 9.19. The van der Waals surface area contributed by atoms with E-state index >= 15 is 0 Å². The number of carbonyl (C=O) groups is 1. The highest BCUT2D eigenvalue weighted by Gasteiger charge is 2.24. The van der Waals surface area contributed by atoms with Gasteiger partial charge in [-0.05, 0) is 43.1 Å². The molecule has 0 spiro atoms. The second kappa shape index (κ2) is 8.49. The van der Waals surface area contributed by atoms with E-state index in [1.807, 2.05) is 4.90 Å². The number of thioether (sulfide) groups is 1. The van der Waals surface area contributed by atoms with Crippen LogP contribution >= 0.6 is 24.2 Å². The monoisotopic (exact) mass is 318 g/mol. The van der Waals surface area contributed by atoms with Gasteiger partial charge in [0.05, 0.1) is 0 Å². The summed E-state index contributed by atoms with van der Waals surface area (Å²) in [5, 5.41) is 0. The highest BCUT2D eigenvalue weighted by atomic mass is 35.5. The van der Waals surface area contributed by atoms with Crippen LogP contribution in [0.4, 0.5) is 4.39 Å². The summed E-state index contributed by atoms with van der Waals surface area (Å²) < 4.78 is 12.7. The Hall–Kier alpha value is -0.780. The van der Waals surface area contributed by atoms with Gasteiger partial charge in [-0.1, -0.05) is 0 Å². The molecule has 0 aromatic heterocycles. The Labute approximate surface area is 129 Å². The lowest BCUT2D eigenvalue weighted by atomic mass is 10.1. The standard InChI is InChI=1S/C14H19FN2OS.ClH/c15-12-1-3-13(4-2-12)19-8-6-14(18)17-7-5-11(9-16)10-17;/h1-4,11H,5-10,16H2;1H. The number of rotatable bonds is 5. The second-order valence-electron chi connectivity index (χ2n) is 4.78. The van der Waals surface area contributed by atoms with Gasteiger partial charge in [-0.25, -0.2) is 4.39 Å². The van der Waals surface area contributed by atoms with Crippen molar-refractivity contribution in [1.82, 2.24) is 4.90 Å². The van der Waals surface area contributed by atoms with Crippen LogP contribution in [-0.4, -0.2) is 36.2 Å². The molecule has 2 N–H and O–H groups in total. The Bertz CT molecular complexity index is 430. The minimum absolute atomic E-state index is 0. The molecule has 1 aliphatic heterocycles. The van der Waals surface area contributed by atoms with Gasteiger partial charge in [-0.2, -0.15) is 0 Å². The summed E-state index contributed by atoms with van der Waals surface area (Å²) in [5.41, 5.74) is 5.61. The van der Waals surface area contributed by atoms with Crippen molar-refractivity contribution in [1.29, 1.82) is 0 Å². The van der Waals surface area contributed by atoms with Gasteiger partial charge in [0, 0.05) is 30.2 Å². The Morgan fingerprint density at radius 3 is 2.70 bits per heavy atom. The van der Waals surface area contributed by atoms with Crippen LogP contribution < -0.4 is 5.73 Å². The second-order valence-corrected chi connectivity index (χ2v) is 5.95. The minimum atomic E-state index is -0.231. The quantitative estimate of drug-likeness (QED) is 0.849. The topological polar surface area (TPSA) is 46.3 Å². The van der Waals surface area contributed by atoms with Crippen LogP contribution in [0.5, 0.6) is 0 Å². The van der Waals surface area contributed by atoms with E-state index in [0.29, 0.717) is 18.9 Å². The molecule has 1 saturated heterocycles. The van der Waals surface area contributed by atoms with Gasteiger partial charge in [-0.15, -0.1) is 24.2 Å². The zero-order valence-electron chi connectivity index (χ0n) is 11.3. The first-order valence-electron chi connectivity index (χ1n) is 6.55. The molecule has 0 radical (unpaired) electrons. The van der Waals surface area contributed by atoms with Crippen molar-refractivity contribution in [3.8, 4) is 0 Å². The van der Waals surface area contributed by atoms with Crippen molar-refractivity contribution in [2.45, 2.75) is 17.7 Å². The van der Waals surface area contributed by atoms with Gasteiger partial charge in [0.2, 0.25) is 5.91 Å². The first-order valence-corrected chi connectivity index (χ1v) is 7.54. The highest BCUT2D eigenvalue weighted by molar-refractivity contribution is 7.99. The number of benzene rings is 1. The first kappa shape index (κ1) is 17.3. The van der Waals surface area contributed by atoms with E-state index in [4.69, 9.17) is 5.73 Å². The Morgan fingerprint density at radius 2 is 2.10 bits per heavy atom. The van der Waals surface area contributed by atoms with E-state index in [-0.39, 0.29) is 24.1 Å². The van der Waals surface area contributed by atoms with Crippen molar-refractivity contribution in [3.63, 3.8) is 0 Å². The molecule has 1 unspecified atom stereocenters. The fourth-order valence-electron chi connectivity index (χ4n) is 2.20. The van der Waals surface area contributed by atoms with Crippen LogP contribution in [0.15, 0.2) is 29.2 Å². The van der Waals surface area contributed by atoms with Crippen molar-refractivity contribution in [2.24, 2.45) is 11.7 Å². The predicted octanol–water partition coefficient (Wildman–Crippen LogP) is 2.54. The van der Waals surface area contributed by atoms with Crippen LogP contribution in [0.25, 0.3) is 0 Å². The summed E-state index contributed by atoms with van der Waals surface area (Å²) in [4.78, 5) is 14.9. The highest BCUT2D eigenvalue weighted by Crippen LogP contribution is 2.21. The molecule has 20 heavy (non-hydrogen) atoms. The average Bonchev–Trinajstić information content (AvgIpc) is 2.90. The molecule has 1 fully saturated rings. The molecule has 3 nitrogen and oxygen atoms in total. The van der Waals surface area contributed by atoms with Crippen LogP contribution in [0.1, 0.15) is 12.8 Å². The van der Waals surface area contributed by atoms with Gasteiger partial charge in [-0.3, -0.25) is 4.79 Å². The molecule has 112 valence electrons. The number of hydrogen-bond donors (Lipinski definition) is 1. The molecule has 1 aromatic rings. The largest absolute Gasteiger partial charge is 0.342 e. The average molecular weight is 319 g/mol. The minimum Gasteiger partial charge on any atom is -0.342 e. The summed E-state index contributed by atoms with van der Waals surface area (Å²) >= 11 is 1.58. The number of carbonyl (C=O) groups excluding carboxylic acids is 1. The SMILES string of the molecule is Cl.NCC1CCN(C(=O)CCSc2ccc(F)cc2)C1. The van der Waals surface area contributed by atoms with Gasteiger partial charge in [0.1, 0.15) is 5.82 Å². The number of hydrogen-bond acceptors (Lipinski definition) is 3. The van der Waals surface area contributed by atoms with Crippen LogP contribution in [-0.2, 0) is 4.79 Å². The van der Waals surface area contributed by atoms with Crippen molar-refractivity contribution in [2.75, 3.05) is 25.4 Å². The number of nitrogens with two attached hydrogens (primary N) is 1. The van der Waals surface area contributed by atoms with Crippen LogP contribution in [0.3, 0.4) is 0 Å². The predicted molar refractivity (Wildman–Crippen MR) is 82.7 cm³/mol. The number of halogens is 2. The normalized spacial score (nSPS) is 17.9. The molecular weight excluding hydrogens is 299 g/mol. The maximum absolute atomic E-state index is 12.7. The third kappa shape index (κ3) is 4.96. The van der Waals surface area contributed by atoms with E-state index in [2.05, 4.69) is 0 Å². The molecule has 1 atom stereocenters. The summed E-state index contributed by atoms with van der Waals surface area (Å²) in [7, 11) is 0. The van der Waals surface area contributed by atoms with Gasteiger partial charge in [0.15, 0.2) is 0 Å². The lowest BCUT2D eigenvalue weighted by Crippen LogP contribution is -2.30. The molecular formula is C14H20ClFN2OS. The summed E-state index contributed by atoms with van der Waals surface area (Å²) in [5.74, 6) is 1.17. The molecule has 6 heteroatoms. The molecule has 2 rings (SSSR count). The van der Waals surface area contributed by atoms with E-state index < -0.39 is 0 Å². The molecule has 0 aliphatic carbocycles. The molecule has 0 bridgehead atoms. The zero-order chi connectivity index (χ0) is 13.7. The molecule has 1 aliphatic rings. The lowest BCUT2D eigenvalue weighted by molar-refractivity contribution is -0.129. The molecule has 1 aromatic carbocycles. The summed E-state index contributed by atoms with van der Waals surface area (Å²) in [6, 6.07) is 6.36. The molecule has 1 heterocycles. The van der Waals surface area contributed by atoms with Crippen molar-refractivity contribution in [3.05, 3.63) is 30.1 Å². The van der Waals surface area contributed by atoms with Gasteiger partial charge >= 0.3 is 0 Å². The lowest BCUT2D eigenvalue weighted by Gasteiger charge is -2.16. The smallest absolute Gasteiger partial charge is 0.223 e. The summed E-state index contributed by atoms with van der Waals surface area (Å²) in [6.07, 6.45) is 1.55. The Morgan fingerprint density at radius 1 is 1.40 bits per heavy atom.